The highest BCUT2D eigenvalue weighted by atomic mass is 32.2. The lowest BCUT2D eigenvalue weighted by Gasteiger charge is -2.35. The molecular weight excluding hydrogens is 462 g/mol. The van der Waals surface area contributed by atoms with Gasteiger partial charge in [-0.15, -0.1) is 9.36 Å². The van der Waals surface area contributed by atoms with Crippen molar-refractivity contribution >= 4 is 33.6 Å². The minimum Gasteiger partial charge on any atom is -0.480 e. The fourth-order valence-corrected chi connectivity index (χ4v) is 6.47. The Hall–Kier alpha value is -3.07. The standard InChI is InChI=1S/C18H25N5O9S/c1-4-32-17(29)14(10(2)24)19-11(25)8-21-5-6-22(20-21)9-18(3)15(16(27)28)23-12(26)7-13(23)33(18,30)31/h5-6,10,13-15,24H,4,7-9H2,1-3H3,(H-,19,25,27,28)/p+1/t10?,13?,14?,15-,18-/m0/s1. The van der Waals surface area contributed by atoms with Crippen molar-refractivity contribution in [2.75, 3.05) is 6.61 Å². The number of β-lactam (4-membered cyclic amide) rings is 1. The first-order valence-corrected chi connectivity index (χ1v) is 11.7. The molecule has 33 heavy (non-hydrogen) atoms. The Kier molecular flexibility index (Phi) is 6.48. The predicted molar refractivity (Wildman–Crippen MR) is 107 cm³/mol. The molecule has 3 heterocycles. The highest BCUT2D eigenvalue weighted by Crippen LogP contribution is 2.46. The number of carbonyl (C=O) groups is 4. The summed E-state index contributed by atoms with van der Waals surface area (Å²) in [5.41, 5.74) is 0. The zero-order chi connectivity index (χ0) is 24.7. The van der Waals surface area contributed by atoms with E-state index in [1.165, 1.54) is 30.9 Å². The Bertz CT molecular complexity index is 1080. The summed E-state index contributed by atoms with van der Waals surface area (Å²) in [4.78, 5) is 48.8. The predicted octanol–water partition coefficient (Wildman–Crippen LogP) is -3.20. The van der Waals surface area contributed by atoms with Crippen LogP contribution in [0.25, 0.3) is 0 Å². The number of aliphatic hydroxyl groups is 1. The topological polar surface area (TPSA) is 189 Å². The molecule has 3 unspecified atom stereocenters. The van der Waals surface area contributed by atoms with Crippen LogP contribution in [0.3, 0.4) is 0 Å². The number of rotatable bonds is 9. The van der Waals surface area contributed by atoms with Crippen LogP contribution in [0.5, 0.6) is 0 Å². The lowest BCUT2D eigenvalue weighted by Crippen LogP contribution is -2.58. The Morgan fingerprint density at radius 3 is 2.64 bits per heavy atom. The van der Waals surface area contributed by atoms with Gasteiger partial charge in [-0.25, -0.2) is 18.0 Å². The van der Waals surface area contributed by atoms with Gasteiger partial charge in [0.2, 0.25) is 5.91 Å². The second kappa shape index (κ2) is 8.70. The van der Waals surface area contributed by atoms with Crippen molar-refractivity contribution in [3.63, 3.8) is 0 Å². The summed E-state index contributed by atoms with van der Waals surface area (Å²) in [7, 11) is -4.01. The van der Waals surface area contributed by atoms with E-state index in [9.17, 15) is 37.8 Å². The molecule has 1 aromatic rings. The van der Waals surface area contributed by atoms with Crippen LogP contribution in [-0.4, -0.2) is 92.1 Å². The summed E-state index contributed by atoms with van der Waals surface area (Å²) in [6.45, 7) is 3.51. The van der Waals surface area contributed by atoms with Crippen LogP contribution in [0.2, 0.25) is 0 Å². The van der Waals surface area contributed by atoms with Crippen LogP contribution < -0.4 is 10.00 Å². The molecule has 0 saturated carbocycles. The van der Waals surface area contributed by atoms with E-state index in [1.54, 1.807) is 6.92 Å². The molecule has 5 atom stereocenters. The molecule has 2 amide bonds. The summed E-state index contributed by atoms with van der Waals surface area (Å²) in [5.74, 6) is -3.43. The van der Waals surface area contributed by atoms with Gasteiger partial charge in [0, 0.05) is 0 Å². The lowest BCUT2D eigenvalue weighted by atomic mass is 9.96. The van der Waals surface area contributed by atoms with Crippen LogP contribution in [0.4, 0.5) is 0 Å². The highest BCUT2D eigenvalue weighted by Gasteiger charge is 2.71. The van der Waals surface area contributed by atoms with Crippen molar-refractivity contribution in [2.24, 2.45) is 0 Å². The maximum atomic E-state index is 13.0. The molecular formula is C18H26N5O9S+. The number of hydrogen-bond acceptors (Lipinski definition) is 9. The minimum absolute atomic E-state index is 0.0694. The number of aliphatic hydroxyl groups excluding tert-OH is 1. The number of aliphatic carboxylic acids is 1. The number of ether oxygens (including phenoxy) is 1. The zero-order valence-electron chi connectivity index (χ0n) is 18.2. The molecule has 3 N–H and O–H groups in total. The monoisotopic (exact) mass is 488 g/mol. The molecule has 2 fully saturated rings. The Morgan fingerprint density at radius 2 is 2.09 bits per heavy atom. The summed E-state index contributed by atoms with van der Waals surface area (Å²) < 4.78 is 31.3. The number of nitrogens with one attached hydrogen (secondary N) is 1. The number of carbonyl (C=O) groups excluding carboxylic acids is 3. The van der Waals surface area contributed by atoms with E-state index < -0.39 is 61.9 Å². The van der Waals surface area contributed by atoms with Crippen molar-refractivity contribution in [2.45, 2.75) is 68.6 Å². The molecule has 2 aliphatic heterocycles. The molecule has 14 nitrogen and oxygen atoms in total. The van der Waals surface area contributed by atoms with E-state index in [2.05, 4.69) is 10.5 Å². The average Bonchev–Trinajstić information content (AvgIpc) is 3.18. The van der Waals surface area contributed by atoms with Gasteiger partial charge in [-0.05, 0) is 20.8 Å². The SMILES string of the molecule is CCOC(=O)C(NC(=O)C[n+]1ccn(C[C@@]2(C)[C@H](C(=O)O)N3C(=O)CC3S2(=O)=O)n1)C(C)O. The van der Waals surface area contributed by atoms with Crippen molar-refractivity contribution in [1.82, 2.24) is 20.1 Å². The van der Waals surface area contributed by atoms with Gasteiger partial charge in [-0.3, -0.25) is 9.59 Å². The normalized spacial score (nSPS) is 27.3. The van der Waals surface area contributed by atoms with Crippen molar-refractivity contribution in [3.05, 3.63) is 12.4 Å². The number of esters is 1. The smallest absolute Gasteiger partial charge is 0.331 e. The summed E-state index contributed by atoms with van der Waals surface area (Å²) in [5, 5.41) is 24.6. The first-order chi connectivity index (χ1) is 15.3. The number of fused-ring (bicyclic) bond motifs is 1. The molecule has 0 spiro atoms. The molecule has 0 radical (unpaired) electrons. The molecule has 0 aliphatic carbocycles. The molecule has 2 aliphatic rings. The Morgan fingerprint density at radius 1 is 1.42 bits per heavy atom. The number of hydrogen-bond donors (Lipinski definition) is 3. The second-order valence-electron chi connectivity index (χ2n) is 8.18. The quantitative estimate of drug-likeness (QED) is 0.181. The van der Waals surface area contributed by atoms with Crippen molar-refractivity contribution in [3.8, 4) is 0 Å². The average molecular weight is 488 g/mol. The second-order valence-corrected chi connectivity index (χ2v) is 10.7. The minimum atomic E-state index is -4.01. The van der Waals surface area contributed by atoms with Crippen LogP contribution >= 0.6 is 0 Å². The van der Waals surface area contributed by atoms with Gasteiger partial charge in [-0.2, -0.15) is 0 Å². The van der Waals surface area contributed by atoms with Gasteiger partial charge in [-0.1, -0.05) is 0 Å². The van der Waals surface area contributed by atoms with Crippen molar-refractivity contribution < 1.29 is 47.2 Å². The number of amides is 2. The van der Waals surface area contributed by atoms with E-state index in [0.29, 0.717) is 0 Å². The van der Waals surface area contributed by atoms with E-state index in [1.807, 2.05) is 0 Å². The fraction of sp³-hybridized carbons (Fsp3) is 0.667. The number of carboxylic acids is 1. The van der Waals surface area contributed by atoms with Crippen LogP contribution in [0.1, 0.15) is 27.2 Å². The van der Waals surface area contributed by atoms with Crippen LogP contribution in [0.15, 0.2) is 12.4 Å². The van der Waals surface area contributed by atoms with E-state index in [0.717, 1.165) is 9.58 Å². The molecule has 182 valence electrons. The van der Waals surface area contributed by atoms with Gasteiger partial charge in [0.05, 0.1) is 24.3 Å². The first kappa shape index (κ1) is 24.6. The van der Waals surface area contributed by atoms with E-state index in [-0.39, 0.29) is 26.1 Å². The number of aromatic nitrogens is 3. The van der Waals surface area contributed by atoms with Crippen LogP contribution in [-0.2, 0) is 46.8 Å². The first-order valence-electron chi connectivity index (χ1n) is 10.2. The number of sulfone groups is 1. The molecule has 15 heteroatoms. The molecule has 3 rings (SSSR count). The molecule has 0 bridgehead atoms. The van der Waals surface area contributed by atoms with Gasteiger partial charge in [0.15, 0.2) is 40.9 Å². The fourth-order valence-electron chi connectivity index (χ4n) is 4.11. The van der Waals surface area contributed by atoms with E-state index >= 15 is 0 Å². The van der Waals surface area contributed by atoms with Crippen molar-refractivity contribution in [1.29, 1.82) is 0 Å². The third-order valence-corrected chi connectivity index (χ3v) is 8.57. The van der Waals surface area contributed by atoms with Crippen LogP contribution in [0, 0.1) is 0 Å². The molecule has 0 aromatic carbocycles. The van der Waals surface area contributed by atoms with Gasteiger partial charge in [0.1, 0.15) is 16.7 Å². The van der Waals surface area contributed by atoms with Gasteiger partial charge >= 0.3 is 11.9 Å². The maximum absolute atomic E-state index is 13.0. The third-order valence-electron chi connectivity index (χ3n) is 5.81. The Labute approximate surface area is 189 Å². The molecule has 2 saturated heterocycles. The number of nitrogens with zero attached hydrogens (tertiary/aromatic N) is 4. The van der Waals surface area contributed by atoms with Gasteiger partial charge < -0.3 is 25.2 Å². The highest BCUT2D eigenvalue weighted by molar-refractivity contribution is 7.93. The largest absolute Gasteiger partial charge is 0.480 e. The summed E-state index contributed by atoms with van der Waals surface area (Å²) >= 11 is 0. The zero-order valence-corrected chi connectivity index (χ0v) is 19.1. The molecule has 1 aromatic heterocycles. The number of carboxylic acid groups (broad SMARTS) is 1. The Balaban J connectivity index is 1.74. The summed E-state index contributed by atoms with van der Waals surface area (Å²) in [6, 6.07) is -2.84. The lowest BCUT2D eigenvalue weighted by molar-refractivity contribution is -0.744. The van der Waals surface area contributed by atoms with E-state index in [4.69, 9.17) is 4.74 Å². The third kappa shape index (κ3) is 4.17. The van der Waals surface area contributed by atoms with Gasteiger partial charge in [0.25, 0.3) is 5.91 Å². The summed E-state index contributed by atoms with van der Waals surface area (Å²) in [6.07, 6.45) is 1.26. The maximum Gasteiger partial charge on any atom is 0.331 e.